The maximum Gasteiger partial charge on any atom is 0.416 e. The highest BCUT2D eigenvalue weighted by Gasteiger charge is 2.36. The average molecular weight is 345 g/mol. The van der Waals surface area contributed by atoms with Gasteiger partial charge in [-0.2, -0.15) is 31.6 Å². The zero-order valence-corrected chi connectivity index (χ0v) is 11.8. The molecule has 3 nitrogen and oxygen atoms in total. The molecule has 2 rings (SSSR count). The SMILES string of the molecule is N#Cc1ccc(NCc2cc(C(F)(F)F)cc(C(F)(F)F)c2)nc1. The molecular formula is C15H9F6N3. The molecule has 0 aliphatic rings. The van der Waals surface area contributed by atoms with Crippen LogP contribution in [-0.2, 0) is 18.9 Å². The molecule has 126 valence electrons. The van der Waals surface area contributed by atoms with E-state index in [4.69, 9.17) is 5.26 Å². The van der Waals surface area contributed by atoms with Crippen molar-refractivity contribution in [3.05, 3.63) is 58.8 Å². The molecule has 0 saturated carbocycles. The molecule has 0 radical (unpaired) electrons. The van der Waals surface area contributed by atoms with Crippen LogP contribution in [0.25, 0.3) is 0 Å². The van der Waals surface area contributed by atoms with Crippen molar-refractivity contribution >= 4 is 5.82 Å². The van der Waals surface area contributed by atoms with Gasteiger partial charge in [0.25, 0.3) is 0 Å². The normalized spacial score (nSPS) is 11.9. The number of anilines is 1. The van der Waals surface area contributed by atoms with Gasteiger partial charge in [-0.1, -0.05) is 0 Å². The van der Waals surface area contributed by atoms with Crippen LogP contribution in [0, 0.1) is 11.3 Å². The Morgan fingerprint density at radius 3 is 1.96 bits per heavy atom. The number of benzene rings is 1. The molecule has 9 heteroatoms. The topological polar surface area (TPSA) is 48.7 Å². The number of aromatic nitrogens is 1. The van der Waals surface area contributed by atoms with Crippen LogP contribution < -0.4 is 5.32 Å². The van der Waals surface area contributed by atoms with Gasteiger partial charge in [0.15, 0.2) is 0 Å². The van der Waals surface area contributed by atoms with Crippen LogP contribution in [0.1, 0.15) is 22.3 Å². The minimum atomic E-state index is -4.89. The van der Waals surface area contributed by atoms with Gasteiger partial charge in [-0.15, -0.1) is 0 Å². The third-order valence-corrected chi connectivity index (χ3v) is 3.01. The summed E-state index contributed by atoms with van der Waals surface area (Å²) < 4.78 is 76.5. The van der Waals surface area contributed by atoms with Crippen LogP contribution in [0.3, 0.4) is 0 Å². The summed E-state index contributed by atoms with van der Waals surface area (Å²) >= 11 is 0. The summed E-state index contributed by atoms with van der Waals surface area (Å²) in [6, 6.07) is 6.02. The Labute approximate surface area is 132 Å². The zero-order valence-electron chi connectivity index (χ0n) is 11.8. The first-order valence-electron chi connectivity index (χ1n) is 6.48. The van der Waals surface area contributed by atoms with Gasteiger partial charge in [0.2, 0.25) is 0 Å². The molecule has 0 aliphatic carbocycles. The number of rotatable bonds is 3. The molecule has 0 saturated heterocycles. The van der Waals surface area contributed by atoms with E-state index in [1.54, 1.807) is 0 Å². The summed E-state index contributed by atoms with van der Waals surface area (Å²) in [5.74, 6) is 0.222. The molecule has 0 spiro atoms. The standard InChI is InChI=1S/C15H9F6N3/c16-14(17,18)11-3-10(4-12(5-11)15(19,20)21)8-24-13-2-1-9(6-22)7-23-13/h1-5,7H,8H2,(H,23,24). The minimum absolute atomic E-state index is 0.0729. The van der Waals surface area contributed by atoms with E-state index in [2.05, 4.69) is 10.3 Å². The fraction of sp³-hybridized carbons (Fsp3) is 0.200. The summed E-state index contributed by atoms with van der Waals surface area (Å²) in [7, 11) is 0. The van der Waals surface area contributed by atoms with Gasteiger partial charge >= 0.3 is 12.4 Å². The van der Waals surface area contributed by atoms with Crippen LogP contribution in [0.4, 0.5) is 32.2 Å². The fourth-order valence-electron chi connectivity index (χ4n) is 1.88. The van der Waals surface area contributed by atoms with Crippen molar-refractivity contribution in [2.45, 2.75) is 18.9 Å². The van der Waals surface area contributed by atoms with Crippen LogP contribution in [-0.4, -0.2) is 4.98 Å². The fourth-order valence-corrected chi connectivity index (χ4v) is 1.88. The first-order valence-corrected chi connectivity index (χ1v) is 6.48. The monoisotopic (exact) mass is 345 g/mol. The Balaban J connectivity index is 2.26. The lowest BCUT2D eigenvalue weighted by Gasteiger charge is -2.14. The third kappa shape index (κ3) is 4.38. The Hall–Kier alpha value is -2.76. The molecular weight excluding hydrogens is 336 g/mol. The molecule has 1 aromatic carbocycles. The summed E-state index contributed by atoms with van der Waals surface area (Å²) in [5, 5.41) is 11.2. The molecule has 0 atom stereocenters. The van der Waals surface area contributed by atoms with Gasteiger partial charge in [-0.25, -0.2) is 4.98 Å². The molecule has 0 amide bonds. The molecule has 1 aromatic heterocycles. The molecule has 0 fully saturated rings. The first kappa shape index (κ1) is 17.6. The number of nitrogens with zero attached hydrogens (tertiary/aromatic N) is 2. The Kier molecular flexibility index (Phi) is 4.68. The molecule has 0 unspecified atom stereocenters. The second kappa shape index (κ2) is 6.39. The van der Waals surface area contributed by atoms with E-state index in [1.807, 2.05) is 6.07 Å². The quantitative estimate of drug-likeness (QED) is 0.827. The first-order chi connectivity index (χ1) is 11.1. The van der Waals surface area contributed by atoms with Crippen molar-refractivity contribution in [1.29, 1.82) is 5.26 Å². The summed E-state index contributed by atoms with van der Waals surface area (Å²) in [5.41, 5.74) is -2.66. The lowest BCUT2D eigenvalue weighted by atomic mass is 10.0. The highest BCUT2D eigenvalue weighted by molar-refractivity contribution is 5.41. The molecule has 0 aliphatic heterocycles. The van der Waals surface area contributed by atoms with E-state index in [9.17, 15) is 26.3 Å². The molecule has 2 aromatic rings. The molecule has 24 heavy (non-hydrogen) atoms. The van der Waals surface area contributed by atoms with Gasteiger partial charge < -0.3 is 5.32 Å². The summed E-state index contributed by atoms with van der Waals surface area (Å²) in [6.07, 6.45) is -8.54. The van der Waals surface area contributed by atoms with Gasteiger partial charge in [0.05, 0.1) is 16.7 Å². The van der Waals surface area contributed by atoms with Crippen molar-refractivity contribution in [3.8, 4) is 6.07 Å². The third-order valence-electron chi connectivity index (χ3n) is 3.01. The average Bonchev–Trinajstić information content (AvgIpc) is 2.51. The highest BCUT2D eigenvalue weighted by Crippen LogP contribution is 2.36. The van der Waals surface area contributed by atoms with E-state index < -0.39 is 23.5 Å². The largest absolute Gasteiger partial charge is 0.416 e. The van der Waals surface area contributed by atoms with Crippen molar-refractivity contribution in [2.24, 2.45) is 0 Å². The summed E-state index contributed by atoms with van der Waals surface area (Å²) in [6.45, 7) is -0.286. The van der Waals surface area contributed by atoms with Gasteiger partial charge in [-0.05, 0) is 35.9 Å². The molecule has 0 bridgehead atoms. The lowest BCUT2D eigenvalue weighted by Crippen LogP contribution is -2.13. The van der Waals surface area contributed by atoms with Crippen molar-refractivity contribution in [1.82, 2.24) is 4.98 Å². The minimum Gasteiger partial charge on any atom is -0.366 e. The van der Waals surface area contributed by atoms with E-state index in [-0.39, 0.29) is 29.6 Å². The number of hydrogen-bond donors (Lipinski definition) is 1. The van der Waals surface area contributed by atoms with E-state index in [0.29, 0.717) is 12.1 Å². The van der Waals surface area contributed by atoms with Crippen molar-refractivity contribution in [2.75, 3.05) is 5.32 Å². The number of pyridine rings is 1. The van der Waals surface area contributed by atoms with Gasteiger partial charge in [0.1, 0.15) is 11.9 Å². The predicted molar refractivity (Wildman–Crippen MR) is 72.7 cm³/mol. The zero-order chi connectivity index (χ0) is 18.0. The Morgan fingerprint density at radius 1 is 0.958 bits per heavy atom. The Morgan fingerprint density at radius 2 is 1.54 bits per heavy atom. The molecule has 1 heterocycles. The van der Waals surface area contributed by atoms with Crippen molar-refractivity contribution < 1.29 is 26.3 Å². The van der Waals surface area contributed by atoms with E-state index in [1.165, 1.54) is 18.3 Å². The van der Waals surface area contributed by atoms with E-state index in [0.717, 1.165) is 0 Å². The highest BCUT2D eigenvalue weighted by atomic mass is 19.4. The smallest absolute Gasteiger partial charge is 0.366 e. The van der Waals surface area contributed by atoms with Crippen LogP contribution in [0.15, 0.2) is 36.5 Å². The van der Waals surface area contributed by atoms with Crippen LogP contribution in [0.2, 0.25) is 0 Å². The number of nitrogens with one attached hydrogen (secondary N) is 1. The van der Waals surface area contributed by atoms with Crippen LogP contribution in [0.5, 0.6) is 0 Å². The lowest BCUT2D eigenvalue weighted by molar-refractivity contribution is -0.143. The predicted octanol–water partition coefficient (Wildman–Crippen LogP) is 4.60. The maximum absolute atomic E-state index is 12.8. The van der Waals surface area contributed by atoms with E-state index >= 15 is 0 Å². The number of alkyl halides is 6. The second-order valence-corrected chi connectivity index (χ2v) is 4.81. The summed E-state index contributed by atoms with van der Waals surface area (Å²) in [4.78, 5) is 3.83. The van der Waals surface area contributed by atoms with Gasteiger partial charge in [-0.3, -0.25) is 0 Å². The molecule has 1 N–H and O–H groups in total. The number of nitriles is 1. The number of halogens is 6. The maximum atomic E-state index is 12.8. The van der Waals surface area contributed by atoms with Gasteiger partial charge in [0, 0.05) is 12.7 Å². The Bertz CT molecular complexity index is 724. The van der Waals surface area contributed by atoms with Crippen LogP contribution >= 0.6 is 0 Å². The van der Waals surface area contributed by atoms with Crippen molar-refractivity contribution in [3.63, 3.8) is 0 Å². The number of hydrogen-bond acceptors (Lipinski definition) is 3. The second-order valence-electron chi connectivity index (χ2n) is 4.81.